The van der Waals surface area contributed by atoms with Crippen molar-refractivity contribution in [2.45, 2.75) is 38.6 Å². The molecule has 0 radical (unpaired) electrons. The number of hydrogen-bond donors (Lipinski definition) is 1. The Bertz CT molecular complexity index is 686. The Kier molecular flexibility index (Phi) is 8.95. The lowest BCUT2D eigenvalue weighted by Crippen LogP contribution is -2.54. The molecular weight excluding hydrogens is 362 g/mol. The fourth-order valence-electron chi connectivity index (χ4n) is 2.17. The molecule has 0 fully saturated rings. The molecule has 0 aliphatic rings. The molecule has 0 aliphatic carbocycles. The van der Waals surface area contributed by atoms with Crippen molar-refractivity contribution >= 4 is 18.0 Å². The second-order valence-electron chi connectivity index (χ2n) is 6.58. The summed E-state index contributed by atoms with van der Waals surface area (Å²) < 4.78 is 15.2. The summed E-state index contributed by atoms with van der Waals surface area (Å²) in [6.45, 7) is 11.9. The van der Waals surface area contributed by atoms with E-state index in [2.05, 4.69) is 32.3 Å². The van der Waals surface area contributed by atoms with E-state index in [4.69, 9.17) is 14.2 Å². The number of esters is 2. The smallest absolute Gasteiger partial charge is 0.413 e. The molecule has 1 amide bonds. The van der Waals surface area contributed by atoms with E-state index >= 15 is 0 Å². The van der Waals surface area contributed by atoms with Crippen molar-refractivity contribution in [2.24, 2.45) is 0 Å². The highest BCUT2D eigenvalue weighted by molar-refractivity contribution is 5.82. The molecule has 152 valence electrons. The van der Waals surface area contributed by atoms with Crippen LogP contribution >= 0.6 is 0 Å². The van der Waals surface area contributed by atoms with Gasteiger partial charge in [0.05, 0.1) is 0 Å². The summed E-state index contributed by atoms with van der Waals surface area (Å²) in [5.74, 6) is -0.572. The van der Waals surface area contributed by atoms with Crippen LogP contribution in [0.1, 0.15) is 38.7 Å². The van der Waals surface area contributed by atoms with Gasteiger partial charge in [-0.1, -0.05) is 39.1 Å². The zero-order chi connectivity index (χ0) is 21.2. The normalized spacial score (nSPS) is 11.7. The summed E-state index contributed by atoms with van der Waals surface area (Å²) >= 11 is 0. The number of nitrogens with one attached hydrogen (secondary N) is 1. The molecule has 1 aromatic carbocycles. The number of rotatable bonds is 10. The maximum Gasteiger partial charge on any atom is 0.413 e. The molecule has 7 nitrogen and oxygen atoms in total. The Balaban J connectivity index is 2.77. The van der Waals surface area contributed by atoms with Crippen molar-refractivity contribution in [2.75, 3.05) is 13.2 Å². The van der Waals surface area contributed by atoms with E-state index in [1.807, 2.05) is 12.1 Å². The lowest BCUT2D eigenvalue weighted by Gasteiger charge is -2.28. The zero-order valence-electron chi connectivity index (χ0n) is 16.5. The third kappa shape index (κ3) is 7.65. The summed E-state index contributed by atoms with van der Waals surface area (Å²) in [4.78, 5) is 34.9. The van der Waals surface area contributed by atoms with Crippen LogP contribution in [0.4, 0.5) is 4.79 Å². The van der Waals surface area contributed by atoms with Crippen molar-refractivity contribution in [3.63, 3.8) is 0 Å². The zero-order valence-corrected chi connectivity index (χ0v) is 16.5. The van der Waals surface area contributed by atoms with Crippen LogP contribution in [0.3, 0.4) is 0 Å². The quantitative estimate of drug-likeness (QED) is 0.486. The summed E-state index contributed by atoms with van der Waals surface area (Å²) in [6, 6.07) is 7.20. The van der Waals surface area contributed by atoms with Gasteiger partial charge in [0.25, 0.3) is 0 Å². The monoisotopic (exact) mass is 389 g/mol. The SMILES string of the molecule is C=CC(=O)OCC(C)(COC(=O)C=C)NC(=O)Oc1ccc(C(C)CC)cc1. The number of amides is 1. The van der Waals surface area contributed by atoms with Crippen LogP contribution < -0.4 is 10.1 Å². The molecule has 0 bridgehead atoms. The van der Waals surface area contributed by atoms with E-state index < -0.39 is 23.6 Å². The van der Waals surface area contributed by atoms with Gasteiger partial charge in [0.1, 0.15) is 24.5 Å². The summed E-state index contributed by atoms with van der Waals surface area (Å²) in [5, 5.41) is 2.57. The summed E-state index contributed by atoms with van der Waals surface area (Å²) in [7, 11) is 0. The number of carbonyl (C=O) groups excluding carboxylic acids is 3. The van der Waals surface area contributed by atoms with E-state index in [0.29, 0.717) is 11.7 Å². The van der Waals surface area contributed by atoms with Crippen LogP contribution in [0.25, 0.3) is 0 Å². The topological polar surface area (TPSA) is 90.9 Å². The van der Waals surface area contributed by atoms with Gasteiger partial charge in [-0.25, -0.2) is 14.4 Å². The molecular formula is C21H27NO6. The molecule has 0 heterocycles. The highest BCUT2D eigenvalue weighted by atomic mass is 16.6. The van der Waals surface area contributed by atoms with Crippen molar-refractivity contribution in [3.05, 3.63) is 55.1 Å². The first-order chi connectivity index (χ1) is 13.2. The van der Waals surface area contributed by atoms with E-state index in [-0.39, 0.29) is 13.2 Å². The van der Waals surface area contributed by atoms with E-state index in [1.54, 1.807) is 19.1 Å². The number of carbonyl (C=O) groups is 3. The highest BCUT2D eigenvalue weighted by Crippen LogP contribution is 2.21. The second kappa shape index (κ2) is 10.9. The molecule has 0 aliphatic heterocycles. The molecule has 0 saturated heterocycles. The minimum atomic E-state index is -1.20. The first-order valence-electron chi connectivity index (χ1n) is 8.91. The molecule has 1 unspecified atom stereocenters. The first-order valence-corrected chi connectivity index (χ1v) is 8.91. The fourth-order valence-corrected chi connectivity index (χ4v) is 2.17. The fraction of sp³-hybridized carbons (Fsp3) is 0.381. The minimum absolute atomic E-state index is 0.246. The summed E-state index contributed by atoms with van der Waals surface area (Å²) in [5.41, 5.74) is -0.0572. The van der Waals surface area contributed by atoms with Crippen LogP contribution in [0, 0.1) is 0 Å². The van der Waals surface area contributed by atoms with Crippen LogP contribution in [-0.2, 0) is 19.1 Å². The molecule has 1 rings (SSSR count). The third-order valence-corrected chi connectivity index (χ3v) is 4.08. The Morgan fingerprint density at radius 2 is 1.57 bits per heavy atom. The van der Waals surface area contributed by atoms with Crippen molar-refractivity contribution < 1.29 is 28.6 Å². The third-order valence-electron chi connectivity index (χ3n) is 4.08. The lowest BCUT2D eigenvalue weighted by molar-refractivity contribution is -0.144. The molecule has 1 atom stereocenters. The van der Waals surface area contributed by atoms with Crippen LogP contribution in [0.15, 0.2) is 49.6 Å². The molecule has 0 saturated carbocycles. The maximum atomic E-state index is 12.3. The van der Waals surface area contributed by atoms with Gasteiger partial charge in [0.15, 0.2) is 0 Å². The van der Waals surface area contributed by atoms with Gasteiger partial charge in [-0.05, 0) is 37.0 Å². The Morgan fingerprint density at radius 1 is 1.07 bits per heavy atom. The van der Waals surface area contributed by atoms with Gasteiger partial charge in [-0.3, -0.25) is 0 Å². The van der Waals surface area contributed by atoms with E-state index in [1.165, 1.54) is 0 Å². The van der Waals surface area contributed by atoms with Gasteiger partial charge >= 0.3 is 18.0 Å². The predicted octanol–water partition coefficient (Wildman–Crippen LogP) is 3.51. The standard InChI is InChI=1S/C21H27NO6/c1-6-15(4)16-9-11-17(12-10-16)28-20(25)22-21(5,13-26-18(23)7-2)14-27-19(24)8-3/h7-12,15H,2-3,6,13-14H2,1,4-5H3,(H,22,25). The minimum Gasteiger partial charge on any atom is -0.460 e. The molecule has 28 heavy (non-hydrogen) atoms. The molecule has 7 heteroatoms. The van der Waals surface area contributed by atoms with E-state index in [0.717, 1.165) is 24.1 Å². The maximum absolute atomic E-state index is 12.3. The second-order valence-corrected chi connectivity index (χ2v) is 6.58. The van der Waals surface area contributed by atoms with Gasteiger partial charge in [-0.15, -0.1) is 0 Å². The van der Waals surface area contributed by atoms with Gasteiger partial charge in [0.2, 0.25) is 0 Å². The van der Waals surface area contributed by atoms with E-state index in [9.17, 15) is 14.4 Å². The highest BCUT2D eigenvalue weighted by Gasteiger charge is 2.31. The summed E-state index contributed by atoms with van der Waals surface area (Å²) in [6.07, 6.45) is 2.22. The largest absolute Gasteiger partial charge is 0.460 e. The van der Waals surface area contributed by atoms with Crippen molar-refractivity contribution in [3.8, 4) is 5.75 Å². The van der Waals surface area contributed by atoms with Crippen molar-refractivity contribution in [1.82, 2.24) is 5.32 Å². The number of benzene rings is 1. The van der Waals surface area contributed by atoms with Gasteiger partial charge < -0.3 is 19.5 Å². The Hall–Kier alpha value is -3.09. The van der Waals surface area contributed by atoms with Gasteiger partial charge in [-0.2, -0.15) is 0 Å². The Labute approximate surface area is 165 Å². The average molecular weight is 389 g/mol. The van der Waals surface area contributed by atoms with Crippen molar-refractivity contribution in [1.29, 1.82) is 0 Å². The van der Waals surface area contributed by atoms with Crippen LogP contribution in [0.5, 0.6) is 5.75 Å². The molecule has 1 N–H and O–H groups in total. The lowest BCUT2D eigenvalue weighted by atomic mass is 9.99. The first kappa shape index (κ1) is 23.0. The van der Waals surface area contributed by atoms with Crippen LogP contribution in [0.2, 0.25) is 0 Å². The number of hydrogen-bond acceptors (Lipinski definition) is 6. The molecule has 1 aromatic rings. The molecule has 0 aromatic heterocycles. The predicted molar refractivity (Wildman–Crippen MR) is 105 cm³/mol. The Morgan fingerprint density at radius 3 is 2.00 bits per heavy atom. The number of ether oxygens (including phenoxy) is 3. The van der Waals surface area contributed by atoms with Gasteiger partial charge in [0, 0.05) is 12.2 Å². The molecule has 0 spiro atoms. The van der Waals surface area contributed by atoms with Crippen LogP contribution in [-0.4, -0.2) is 36.8 Å². The average Bonchev–Trinajstić information content (AvgIpc) is 2.70.